The lowest BCUT2D eigenvalue weighted by Crippen LogP contribution is -2.16. The molecule has 0 aromatic heterocycles. The van der Waals surface area contributed by atoms with Crippen LogP contribution in [-0.2, 0) is 16.1 Å². The highest BCUT2D eigenvalue weighted by Crippen LogP contribution is 2.26. The Hall–Kier alpha value is -2.99. The summed E-state index contributed by atoms with van der Waals surface area (Å²) in [5.41, 5.74) is 0.805. The van der Waals surface area contributed by atoms with Crippen LogP contribution in [0.3, 0.4) is 0 Å². The predicted molar refractivity (Wildman–Crippen MR) is 235 cm³/mol. The van der Waals surface area contributed by atoms with Gasteiger partial charge < -0.3 is 23.8 Å². The minimum Gasteiger partial charge on any atom is -0.494 e. The van der Waals surface area contributed by atoms with E-state index in [4.69, 9.17) is 18.9 Å². The number of carbonyl (C=O) groups is 1. The molecule has 0 saturated carbocycles. The SMILES string of the molecule is CCCCC/C=C\C/C=C\CCCCCCCCOc1ccc(OCCCCCCCC/C=C\C/C=C\CCCCC)c(COC(=O)OCCCN(C)C)c1. The van der Waals surface area contributed by atoms with E-state index >= 15 is 0 Å². The lowest BCUT2D eigenvalue weighted by atomic mass is 10.1. The van der Waals surface area contributed by atoms with Crippen molar-refractivity contribution in [2.45, 2.75) is 181 Å². The molecule has 0 fully saturated rings. The quantitative estimate of drug-likeness (QED) is 0.0380. The van der Waals surface area contributed by atoms with Gasteiger partial charge in [0.1, 0.15) is 18.1 Å². The number of hydrogen-bond donors (Lipinski definition) is 0. The van der Waals surface area contributed by atoms with E-state index in [1.165, 1.54) is 122 Å². The van der Waals surface area contributed by atoms with Gasteiger partial charge in [0.25, 0.3) is 0 Å². The normalized spacial score (nSPS) is 11.9. The summed E-state index contributed by atoms with van der Waals surface area (Å²) >= 11 is 0. The van der Waals surface area contributed by atoms with Gasteiger partial charge in [-0.1, -0.05) is 140 Å². The van der Waals surface area contributed by atoms with Gasteiger partial charge in [-0.05, 0) is 116 Å². The molecule has 0 spiro atoms. The van der Waals surface area contributed by atoms with Gasteiger partial charge in [0.05, 0.1) is 19.8 Å². The first-order chi connectivity index (χ1) is 27.1. The first-order valence-corrected chi connectivity index (χ1v) is 22.5. The smallest absolute Gasteiger partial charge is 0.494 e. The van der Waals surface area contributed by atoms with E-state index in [1.807, 2.05) is 32.3 Å². The minimum atomic E-state index is -0.650. The third-order valence-electron chi connectivity index (χ3n) is 9.56. The molecule has 0 radical (unpaired) electrons. The van der Waals surface area contributed by atoms with Gasteiger partial charge in [0, 0.05) is 12.1 Å². The van der Waals surface area contributed by atoms with Crippen molar-refractivity contribution in [3.63, 3.8) is 0 Å². The van der Waals surface area contributed by atoms with Gasteiger partial charge in [-0.2, -0.15) is 0 Å². The van der Waals surface area contributed by atoms with Gasteiger partial charge >= 0.3 is 6.16 Å². The predicted octanol–water partition coefficient (Wildman–Crippen LogP) is 14.7. The van der Waals surface area contributed by atoms with E-state index in [1.54, 1.807) is 0 Å². The molecule has 0 aliphatic rings. The summed E-state index contributed by atoms with van der Waals surface area (Å²) in [4.78, 5) is 14.4. The molecule has 6 nitrogen and oxygen atoms in total. The summed E-state index contributed by atoms with van der Waals surface area (Å²) in [6.07, 6.45) is 48.0. The maximum atomic E-state index is 12.3. The number of ether oxygens (including phenoxy) is 4. The number of rotatable bonds is 38. The molecule has 0 bridgehead atoms. The van der Waals surface area contributed by atoms with Gasteiger partial charge in [-0.15, -0.1) is 0 Å². The first kappa shape index (κ1) is 50.0. The van der Waals surface area contributed by atoms with Crippen LogP contribution in [0, 0.1) is 0 Å². The molecule has 1 aromatic rings. The Morgan fingerprint density at radius 2 is 1.00 bits per heavy atom. The highest BCUT2D eigenvalue weighted by Gasteiger charge is 2.11. The molecule has 0 atom stereocenters. The molecule has 0 N–H and O–H groups in total. The number of allylic oxidation sites excluding steroid dienone is 8. The Bertz CT molecular complexity index is 1120. The molecule has 0 saturated heterocycles. The van der Waals surface area contributed by atoms with Gasteiger partial charge in [-0.25, -0.2) is 4.79 Å². The van der Waals surface area contributed by atoms with Crippen molar-refractivity contribution in [3.8, 4) is 11.5 Å². The lowest BCUT2D eigenvalue weighted by Gasteiger charge is -2.15. The van der Waals surface area contributed by atoms with Crippen LogP contribution < -0.4 is 9.47 Å². The summed E-state index contributed by atoms with van der Waals surface area (Å²) in [6, 6.07) is 5.86. The van der Waals surface area contributed by atoms with Crippen LogP contribution >= 0.6 is 0 Å². The molecule has 0 unspecified atom stereocenters. The number of hydrogen-bond acceptors (Lipinski definition) is 6. The summed E-state index contributed by atoms with van der Waals surface area (Å²) in [6.45, 7) is 7.11. The number of benzene rings is 1. The highest BCUT2D eigenvalue weighted by atomic mass is 16.7. The zero-order valence-electron chi connectivity index (χ0n) is 36.1. The average Bonchev–Trinajstić information content (AvgIpc) is 3.18. The summed E-state index contributed by atoms with van der Waals surface area (Å²) in [7, 11) is 4.00. The van der Waals surface area contributed by atoms with Crippen molar-refractivity contribution in [3.05, 3.63) is 72.4 Å². The maximum absolute atomic E-state index is 12.3. The second-order valence-corrected chi connectivity index (χ2v) is 15.2. The lowest BCUT2D eigenvalue weighted by molar-refractivity contribution is 0.0474. The second-order valence-electron chi connectivity index (χ2n) is 15.2. The highest BCUT2D eigenvalue weighted by molar-refractivity contribution is 5.60. The fraction of sp³-hybridized carbons (Fsp3) is 0.694. The van der Waals surface area contributed by atoms with Crippen molar-refractivity contribution in [2.75, 3.05) is 40.5 Å². The summed E-state index contributed by atoms with van der Waals surface area (Å²) in [5.74, 6) is 1.52. The molecule has 0 heterocycles. The third kappa shape index (κ3) is 34.0. The van der Waals surface area contributed by atoms with Gasteiger partial charge in [0.15, 0.2) is 0 Å². The average molecular weight is 766 g/mol. The standard InChI is InChI=1S/C49H83NO5/c1-5-7-9-11-13-15-17-19-21-23-25-27-29-31-33-35-41-52-47-38-39-48(46(44-47)45-55-49(51)54-43-37-40-50(3)4)53-42-36-34-32-30-28-26-24-22-20-18-16-14-12-10-8-6-2/h13-16,19-22,38-39,44H,5-12,17-18,23-37,40-43,45H2,1-4H3/b15-13-,16-14-,21-19-,22-20-. The molecular weight excluding hydrogens is 683 g/mol. The summed E-state index contributed by atoms with van der Waals surface area (Å²) in [5, 5.41) is 0. The monoisotopic (exact) mass is 766 g/mol. The number of nitrogens with zero attached hydrogens (tertiary/aromatic N) is 1. The van der Waals surface area contributed by atoms with Crippen LogP contribution in [0.1, 0.15) is 180 Å². The van der Waals surface area contributed by atoms with Crippen molar-refractivity contribution in [1.29, 1.82) is 0 Å². The number of carbonyl (C=O) groups excluding carboxylic acids is 1. The fourth-order valence-corrected chi connectivity index (χ4v) is 6.17. The van der Waals surface area contributed by atoms with Crippen LogP contribution in [-0.4, -0.2) is 51.5 Å². The van der Waals surface area contributed by atoms with E-state index < -0.39 is 6.16 Å². The Morgan fingerprint density at radius 3 is 1.51 bits per heavy atom. The van der Waals surface area contributed by atoms with Crippen molar-refractivity contribution >= 4 is 6.16 Å². The van der Waals surface area contributed by atoms with Crippen LogP contribution in [0.25, 0.3) is 0 Å². The molecule has 0 aliphatic carbocycles. The fourth-order valence-electron chi connectivity index (χ4n) is 6.17. The van der Waals surface area contributed by atoms with E-state index in [9.17, 15) is 4.79 Å². The Labute approximate surface area is 339 Å². The van der Waals surface area contributed by atoms with E-state index in [0.717, 1.165) is 62.1 Å². The first-order valence-electron chi connectivity index (χ1n) is 22.5. The maximum Gasteiger partial charge on any atom is 0.508 e. The van der Waals surface area contributed by atoms with Crippen molar-refractivity contribution < 1.29 is 23.7 Å². The zero-order chi connectivity index (χ0) is 39.7. The van der Waals surface area contributed by atoms with Crippen LogP contribution in [0.4, 0.5) is 4.79 Å². The van der Waals surface area contributed by atoms with E-state index in [0.29, 0.717) is 19.8 Å². The molecule has 0 amide bonds. The van der Waals surface area contributed by atoms with Crippen LogP contribution in [0.5, 0.6) is 11.5 Å². The summed E-state index contributed by atoms with van der Waals surface area (Å²) < 4.78 is 23.1. The Balaban J connectivity index is 2.33. The molecule has 1 rings (SSSR count). The molecular formula is C49H83NO5. The molecule has 6 heteroatoms. The van der Waals surface area contributed by atoms with E-state index in [-0.39, 0.29) is 6.61 Å². The molecule has 1 aromatic carbocycles. The van der Waals surface area contributed by atoms with E-state index in [2.05, 4.69) is 67.4 Å². The molecule has 0 aliphatic heterocycles. The topological polar surface area (TPSA) is 57.2 Å². The Kier molecular flexibility index (Phi) is 35.7. The second kappa shape index (κ2) is 39.3. The van der Waals surface area contributed by atoms with Crippen LogP contribution in [0.15, 0.2) is 66.8 Å². The van der Waals surface area contributed by atoms with Gasteiger partial charge in [-0.3, -0.25) is 0 Å². The largest absolute Gasteiger partial charge is 0.508 e. The Morgan fingerprint density at radius 1 is 0.527 bits per heavy atom. The molecule has 314 valence electrons. The van der Waals surface area contributed by atoms with Gasteiger partial charge in [0.2, 0.25) is 0 Å². The minimum absolute atomic E-state index is 0.0909. The van der Waals surface area contributed by atoms with Crippen molar-refractivity contribution in [2.24, 2.45) is 0 Å². The van der Waals surface area contributed by atoms with Crippen molar-refractivity contribution in [1.82, 2.24) is 4.90 Å². The van der Waals surface area contributed by atoms with Crippen LogP contribution in [0.2, 0.25) is 0 Å². The third-order valence-corrected chi connectivity index (χ3v) is 9.56. The number of unbranched alkanes of at least 4 members (excludes halogenated alkanes) is 18. The zero-order valence-corrected chi connectivity index (χ0v) is 36.1. The molecule has 55 heavy (non-hydrogen) atoms.